The normalized spacial score (nSPS) is 9.81. The molecule has 0 aliphatic carbocycles. The van der Waals surface area contributed by atoms with Crippen LogP contribution in [0.1, 0.15) is 0 Å². The predicted molar refractivity (Wildman–Crippen MR) is 52.0 cm³/mol. The Morgan fingerprint density at radius 2 is 1.44 bits per heavy atom. The lowest BCUT2D eigenvalue weighted by atomic mass is 10.2. The molecule has 0 unspecified atom stereocenters. The minimum absolute atomic E-state index is 0.0225. The van der Waals surface area contributed by atoms with Gasteiger partial charge in [-0.3, -0.25) is 5.23 Å². The highest BCUT2D eigenvalue weighted by Gasteiger charge is 2.15. The minimum atomic E-state index is -0.0849. The standard InChI is InChI=1S/C6H10N5O5/c7-13-4-1-3(11(12)16-10)2-5(14-8)6(4)15-9/h1-2H,7-10H2/q-1. The van der Waals surface area contributed by atoms with Crippen molar-refractivity contribution in [1.29, 1.82) is 0 Å². The van der Waals surface area contributed by atoms with E-state index in [9.17, 15) is 5.21 Å². The van der Waals surface area contributed by atoms with Crippen LogP contribution in [0.2, 0.25) is 0 Å². The van der Waals surface area contributed by atoms with Crippen molar-refractivity contribution in [3.63, 3.8) is 0 Å². The zero-order valence-corrected chi connectivity index (χ0v) is 7.95. The largest absolute Gasteiger partial charge is 0.732 e. The third-order valence-corrected chi connectivity index (χ3v) is 1.68. The maximum atomic E-state index is 11.1. The van der Waals surface area contributed by atoms with Crippen molar-refractivity contribution in [3.8, 4) is 17.2 Å². The number of nitrogens with zero attached hydrogens (tertiary/aromatic N) is 1. The van der Waals surface area contributed by atoms with Crippen molar-refractivity contribution in [3.05, 3.63) is 17.3 Å². The fraction of sp³-hybridized carbons (Fsp3) is 0. The van der Waals surface area contributed by atoms with Gasteiger partial charge in [-0.1, -0.05) is 0 Å². The second-order valence-electron chi connectivity index (χ2n) is 2.49. The molecule has 0 amide bonds. The summed E-state index contributed by atoms with van der Waals surface area (Å²) in [5.74, 6) is 19.2. The van der Waals surface area contributed by atoms with Gasteiger partial charge in [0, 0.05) is 12.1 Å². The number of hydrogen-bond acceptors (Lipinski definition) is 10. The van der Waals surface area contributed by atoms with Crippen LogP contribution in [0.5, 0.6) is 17.2 Å². The third kappa shape index (κ3) is 2.22. The first-order valence-electron chi connectivity index (χ1n) is 3.80. The molecule has 0 saturated heterocycles. The van der Waals surface area contributed by atoms with E-state index in [0.29, 0.717) is 0 Å². The van der Waals surface area contributed by atoms with E-state index >= 15 is 0 Å². The highest BCUT2D eigenvalue weighted by atomic mass is 16.9. The maximum absolute atomic E-state index is 11.1. The predicted octanol–water partition coefficient (Wildman–Crippen LogP) is -1.45. The van der Waals surface area contributed by atoms with E-state index in [-0.39, 0.29) is 28.2 Å². The van der Waals surface area contributed by atoms with E-state index in [2.05, 4.69) is 25.3 Å². The summed E-state index contributed by atoms with van der Waals surface area (Å²) >= 11 is 0. The van der Waals surface area contributed by atoms with Crippen LogP contribution in [-0.2, 0) is 4.94 Å². The van der Waals surface area contributed by atoms with Crippen molar-refractivity contribution < 1.29 is 19.5 Å². The van der Waals surface area contributed by atoms with Gasteiger partial charge in [0.25, 0.3) is 0 Å². The Morgan fingerprint density at radius 3 is 1.75 bits per heavy atom. The molecule has 1 aromatic carbocycles. The molecule has 0 bridgehead atoms. The van der Waals surface area contributed by atoms with Gasteiger partial charge < -0.3 is 19.7 Å². The summed E-state index contributed by atoms with van der Waals surface area (Å²) < 4.78 is 0. The van der Waals surface area contributed by atoms with Crippen LogP contribution in [-0.4, -0.2) is 0 Å². The summed E-state index contributed by atoms with van der Waals surface area (Å²) in [6.07, 6.45) is 0. The van der Waals surface area contributed by atoms with E-state index in [1.54, 1.807) is 0 Å². The minimum Gasteiger partial charge on any atom is -0.732 e. The van der Waals surface area contributed by atoms with Gasteiger partial charge in [0.2, 0.25) is 5.75 Å². The molecule has 0 aliphatic rings. The second kappa shape index (κ2) is 5.32. The molecule has 1 rings (SSSR count). The molecule has 0 aliphatic heterocycles. The SMILES string of the molecule is NOc1cc(N([O-])ON)cc(ON)c1ON. The van der Waals surface area contributed by atoms with Gasteiger partial charge >= 0.3 is 0 Å². The average Bonchev–Trinajstić information content (AvgIpc) is 2.35. The van der Waals surface area contributed by atoms with Crippen molar-refractivity contribution in [2.24, 2.45) is 23.6 Å². The van der Waals surface area contributed by atoms with Crippen LogP contribution in [0.15, 0.2) is 12.1 Å². The first-order chi connectivity index (χ1) is 7.67. The van der Waals surface area contributed by atoms with Gasteiger partial charge in [-0.05, 0) is 0 Å². The molecule has 16 heavy (non-hydrogen) atoms. The topological polar surface area (TPSA) is 167 Å². The molecule has 1 aromatic rings. The van der Waals surface area contributed by atoms with Gasteiger partial charge in [0.15, 0.2) is 11.5 Å². The Bertz CT molecular complexity index is 336. The fourth-order valence-electron chi connectivity index (χ4n) is 1.02. The lowest BCUT2D eigenvalue weighted by molar-refractivity contribution is 0.135. The summed E-state index contributed by atoms with van der Waals surface area (Å²) in [6.45, 7) is 0. The molecule has 0 atom stereocenters. The number of rotatable bonds is 5. The van der Waals surface area contributed by atoms with E-state index in [0.717, 1.165) is 12.1 Å². The first-order valence-corrected chi connectivity index (χ1v) is 3.80. The molecule has 90 valence electrons. The molecule has 0 spiro atoms. The fourth-order valence-corrected chi connectivity index (χ4v) is 1.02. The van der Waals surface area contributed by atoms with Crippen LogP contribution >= 0.6 is 0 Å². The summed E-state index contributed by atoms with van der Waals surface area (Å²) in [6, 6.07) is 2.31. The third-order valence-electron chi connectivity index (χ3n) is 1.68. The van der Waals surface area contributed by atoms with E-state index in [1.165, 1.54) is 0 Å². The first kappa shape index (κ1) is 12.3. The second-order valence-corrected chi connectivity index (χ2v) is 2.49. The van der Waals surface area contributed by atoms with Crippen LogP contribution < -0.4 is 43.3 Å². The highest BCUT2D eigenvalue weighted by Crippen LogP contribution is 2.39. The maximum Gasteiger partial charge on any atom is 0.235 e. The molecule has 8 N–H and O–H groups in total. The smallest absolute Gasteiger partial charge is 0.235 e. The molecular formula is C6H10N5O5-. The van der Waals surface area contributed by atoms with Crippen LogP contribution in [0.25, 0.3) is 0 Å². The molecule has 10 nitrogen and oxygen atoms in total. The summed E-state index contributed by atoms with van der Waals surface area (Å²) in [5.41, 5.74) is -0.0794. The number of anilines is 1. The van der Waals surface area contributed by atoms with Gasteiger partial charge in [0.05, 0.1) is 5.69 Å². The van der Waals surface area contributed by atoms with E-state index in [4.69, 9.17) is 17.7 Å². The van der Waals surface area contributed by atoms with E-state index in [1.807, 2.05) is 0 Å². The molecule has 0 heterocycles. The Hall–Kier alpha value is -1.82. The van der Waals surface area contributed by atoms with Crippen LogP contribution in [0.3, 0.4) is 0 Å². The number of nitrogens with two attached hydrogens (primary N) is 4. The Labute approximate surface area is 89.5 Å². The molecule has 10 heteroatoms. The van der Waals surface area contributed by atoms with Gasteiger partial charge in [-0.2, -0.15) is 28.5 Å². The Kier molecular flexibility index (Phi) is 4.07. The van der Waals surface area contributed by atoms with Crippen molar-refractivity contribution in [1.82, 2.24) is 0 Å². The monoisotopic (exact) mass is 232 g/mol. The summed E-state index contributed by atoms with van der Waals surface area (Å²) in [7, 11) is 0. The number of hydrogen-bond donors (Lipinski definition) is 4. The highest BCUT2D eigenvalue weighted by molar-refractivity contribution is 5.62. The quantitative estimate of drug-likeness (QED) is 0.441. The van der Waals surface area contributed by atoms with Gasteiger partial charge in [-0.25, -0.2) is 0 Å². The molecule has 0 saturated carbocycles. The van der Waals surface area contributed by atoms with Crippen LogP contribution in [0.4, 0.5) is 5.69 Å². The molecule has 0 radical (unpaired) electrons. The Morgan fingerprint density at radius 1 is 0.938 bits per heavy atom. The van der Waals surface area contributed by atoms with Gasteiger partial charge in [-0.15, -0.1) is 0 Å². The van der Waals surface area contributed by atoms with Gasteiger partial charge in [0.1, 0.15) is 0 Å². The van der Waals surface area contributed by atoms with Crippen molar-refractivity contribution in [2.45, 2.75) is 0 Å². The lowest BCUT2D eigenvalue weighted by Gasteiger charge is -2.26. The molecule has 0 aromatic heterocycles. The Balaban J connectivity index is 3.25. The average molecular weight is 232 g/mol. The van der Waals surface area contributed by atoms with E-state index < -0.39 is 0 Å². The van der Waals surface area contributed by atoms with Crippen molar-refractivity contribution >= 4 is 5.69 Å². The zero-order chi connectivity index (χ0) is 12.1. The molecular weight excluding hydrogens is 222 g/mol. The van der Waals surface area contributed by atoms with Crippen LogP contribution in [0, 0.1) is 5.21 Å². The lowest BCUT2D eigenvalue weighted by Crippen LogP contribution is -2.20. The zero-order valence-electron chi connectivity index (χ0n) is 7.95. The summed E-state index contributed by atoms with van der Waals surface area (Å²) in [4.78, 5) is 17.2. The van der Waals surface area contributed by atoms with Crippen molar-refractivity contribution in [2.75, 3.05) is 5.23 Å². The summed E-state index contributed by atoms with van der Waals surface area (Å²) in [5, 5.41) is 11.0. The molecule has 0 fully saturated rings. The number of benzene rings is 1.